The summed E-state index contributed by atoms with van der Waals surface area (Å²) in [5, 5.41) is 0. The van der Waals surface area contributed by atoms with E-state index in [-0.39, 0.29) is 14.3 Å². The molecule has 0 heterocycles. The Hall–Kier alpha value is 0.400. The number of rotatable bonds is 0. The third-order valence-corrected chi connectivity index (χ3v) is 6.85. The van der Waals surface area contributed by atoms with Crippen molar-refractivity contribution in [2.24, 2.45) is 10.8 Å². The van der Waals surface area contributed by atoms with Gasteiger partial charge in [0, 0.05) is 15.3 Å². The second kappa shape index (κ2) is 2.07. The Labute approximate surface area is 87.4 Å². The Balaban J connectivity index is 2.56. The molecule has 2 bridgehead atoms. The quantitative estimate of drug-likeness (QED) is 0.492. The number of carbonyl (C=O) groups is 1. The maximum Gasteiger partial charge on any atom is 0.140 e. The van der Waals surface area contributed by atoms with Gasteiger partial charge in [-0.05, 0) is 18.3 Å². The molecule has 2 aliphatic rings. The first kappa shape index (κ1) is 8.97. The maximum absolute atomic E-state index is 11.8. The summed E-state index contributed by atoms with van der Waals surface area (Å²) in [5.41, 5.74) is 0.186. The predicted octanol–water partition coefficient (Wildman–Crippen LogP) is 2.96. The van der Waals surface area contributed by atoms with E-state index in [2.05, 4.69) is 43.4 Å². The van der Waals surface area contributed by atoms with Crippen LogP contribution in [0.3, 0.4) is 0 Å². The molecule has 2 fully saturated rings. The van der Waals surface area contributed by atoms with Crippen molar-refractivity contribution in [1.82, 2.24) is 0 Å². The molecule has 0 aromatic rings. The zero-order valence-electron chi connectivity index (χ0n) is 7.91. The summed E-state index contributed by atoms with van der Waals surface area (Å²) in [6.07, 6.45) is 3.13. The van der Waals surface area contributed by atoms with Gasteiger partial charge in [-0.3, -0.25) is 4.79 Å². The summed E-state index contributed by atoms with van der Waals surface area (Å²) in [4.78, 5) is 11.8. The van der Waals surface area contributed by atoms with Crippen molar-refractivity contribution in [3.8, 4) is 0 Å². The molecule has 68 valence electrons. The van der Waals surface area contributed by atoms with Crippen LogP contribution in [0.25, 0.3) is 0 Å². The summed E-state index contributed by atoms with van der Waals surface area (Å²) in [6.45, 7) is 6.68. The van der Waals surface area contributed by atoms with Gasteiger partial charge in [-0.15, -0.1) is 0 Å². The minimum absolute atomic E-state index is 0.0197. The minimum Gasteiger partial charge on any atom is -0.299 e. The lowest BCUT2D eigenvalue weighted by atomic mass is 9.70. The van der Waals surface area contributed by atoms with Crippen LogP contribution in [-0.4, -0.2) is 9.20 Å². The molecule has 0 spiro atoms. The number of halogens is 1. The van der Waals surface area contributed by atoms with Crippen LogP contribution in [0.15, 0.2) is 0 Å². The maximum atomic E-state index is 11.8. The first-order valence-electron chi connectivity index (χ1n) is 4.56. The smallest absolute Gasteiger partial charge is 0.140 e. The zero-order valence-corrected chi connectivity index (χ0v) is 10.1. The average molecular weight is 278 g/mol. The van der Waals surface area contributed by atoms with E-state index < -0.39 is 0 Å². The number of ketones is 1. The van der Waals surface area contributed by atoms with Crippen molar-refractivity contribution in [1.29, 1.82) is 0 Å². The molecule has 2 saturated carbocycles. The van der Waals surface area contributed by atoms with Crippen LogP contribution < -0.4 is 0 Å². The van der Waals surface area contributed by atoms with E-state index in [0.717, 1.165) is 12.8 Å². The van der Waals surface area contributed by atoms with Crippen LogP contribution in [0.1, 0.15) is 40.0 Å². The van der Waals surface area contributed by atoms with E-state index in [1.165, 1.54) is 6.42 Å². The number of alkyl halides is 1. The normalized spacial score (nSPS) is 50.2. The summed E-state index contributed by atoms with van der Waals surface area (Å²) >= 11 is 2.52. The highest BCUT2D eigenvalue weighted by Gasteiger charge is 2.68. The molecular formula is C10H15IO. The van der Waals surface area contributed by atoms with Crippen molar-refractivity contribution < 1.29 is 4.79 Å². The van der Waals surface area contributed by atoms with Crippen molar-refractivity contribution >= 4 is 28.4 Å². The summed E-state index contributed by atoms with van der Waals surface area (Å²) in [5.74, 6) is 0.494. The van der Waals surface area contributed by atoms with Gasteiger partial charge in [0.15, 0.2) is 0 Å². The highest BCUT2D eigenvalue weighted by molar-refractivity contribution is 14.1. The average Bonchev–Trinajstić information content (AvgIpc) is 2.18. The molecule has 0 amide bonds. The van der Waals surface area contributed by atoms with E-state index in [9.17, 15) is 4.79 Å². The van der Waals surface area contributed by atoms with E-state index in [4.69, 9.17) is 0 Å². The molecule has 2 atom stereocenters. The number of fused-ring (bicyclic) bond motifs is 2. The fourth-order valence-electron chi connectivity index (χ4n) is 2.81. The van der Waals surface area contributed by atoms with Crippen LogP contribution in [0.4, 0.5) is 0 Å². The molecule has 0 N–H and O–H groups in total. The van der Waals surface area contributed by atoms with Crippen LogP contribution in [0.5, 0.6) is 0 Å². The van der Waals surface area contributed by atoms with Crippen LogP contribution in [-0.2, 0) is 4.79 Å². The molecule has 12 heavy (non-hydrogen) atoms. The van der Waals surface area contributed by atoms with Gasteiger partial charge in [-0.2, -0.15) is 0 Å². The highest BCUT2D eigenvalue weighted by atomic mass is 127. The molecule has 1 nitrogen and oxygen atoms in total. The monoisotopic (exact) mass is 278 g/mol. The standard InChI is InChI=1S/C10H15IO/c1-8(2)9(3)4-5-10(8,11)6-7(9)12/h4-6H2,1-3H3. The van der Waals surface area contributed by atoms with Crippen molar-refractivity contribution in [3.63, 3.8) is 0 Å². The van der Waals surface area contributed by atoms with E-state index >= 15 is 0 Å². The predicted molar refractivity (Wildman–Crippen MR) is 57.5 cm³/mol. The molecule has 2 rings (SSSR count). The first-order chi connectivity index (χ1) is 5.33. The van der Waals surface area contributed by atoms with Gasteiger partial charge in [-0.1, -0.05) is 43.4 Å². The number of hydrogen-bond acceptors (Lipinski definition) is 1. The Morgan fingerprint density at radius 3 is 2.00 bits per heavy atom. The van der Waals surface area contributed by atoms with Crippen LogP contribution >= 0.6 is 22.6 Å². The van der Waals surface area contributed by atoms with Crippen molar-refractivity contribution in [2.75, 3.05) is 0 Å². The Bertz CT molecular complexity index is 259. The van der Waals surface area contributed by atoms with Gasteiger partial charge in [0.05, 0.1) is 0 Å². The van der Waals surface area contributed by atoms with Gasteiger partial charge in [-0.25, -0.2) is 0 Å². The van der Waals surface area contributed by atoms with Gasteiger partial charge < -0.3 is 0 Å². The van der Waals surface area contributed by atoms with E-state index in [0.29, 0.717) is 5.78 Å². The molecular weight excluding hydrogens is 263 g/mol. The second-order valence-corrected chi connectivity index (χ2v) is 7.09. The topological polar surface area (TPSA) is 17.1 Å². The summed E-state index contributed by atoms with van der Waals surface area (Å²) in [7, 11) is 0. The van der Waals surface area contributed by atoms with Gasteiger partial charge in [0.25, 0.3) is 0 Å². The Morgan fingerprint density at radius 1 is 1.25 bits per heavy atom. The molecule has 0 aromatic carbocycles. The number of Topliss-reactive ketones (excluding diaryl/α,β-unsaturated/α-hetero) is 1. The first-order valence-corrected chi connectivity index (χ1v) is 5.64. The molecule has 2 unspecified atom stereocenters. The lowest BCUT2D eigenvalue weighted by Gasteiger charge is -2.36. The minimum atomic E-state index is -0.0197. The molecule has 0 radical (unpaired) electrons. The van der Waals surface area contributed by atoms with Gasteiger partial charge in [0.2, 0.25) is 0 Å². The van der Waals surface area contributed by atoms with Crippen LogP contribution in [0.2, 0.25) is 0 Å². The Morgan fingerprint density at radius 2 is 1.83 bits per heavy atom. The van der Waals surface area contributed by atoms with E-state index in [1.807, 2.05) is 0 Å². The SMILES string of the molecule is CC12CCC(I)(CC1=O)C2(C)C. The molecule has 2 heteroatoms. The van der Waals surface area contributed by atoms with Crippen molar-refractivity contribution in [2.45, 2.75) is 43.5 Å². The lowest BCUT2D eigenvalue weighted by Crippen LogP contribution is -2.35. The molecule has 0 aromatic heterocycles. The number of hydrogen-bond donors (Lipinski definition) is 0. The van der Waals surface area contributed by atoms with Gasteiger partial charge in [0.1, 0.15) is 5.78 Å². The molecule has 0 aliphatic heterocycles. The Kier molecular flexibility index (Phi) is 1.55. The summed E-state index contributed by atoms with van der Waals surface area (Å²) < 4.78 is 0.261. The summed E-state index contributed by atoms with van der Waals surface area (Å²) in [6, 6.07) is 0. The lowest BCUT2D eigenvalue weighted by molar-refractivity contribution is -0.128. The molecule has 0 saturated heterocycles. The third-order valence-electron chi connectivity index (χ3n) is 4.58. The number of carbonyl (C=O) groups excluding carboxylic acids is 1. The highest BCUT2D eigenvalue weighted by Crippen LogP contribution is 2.69. The fourth-order valence-corrected chi connectivity index (χ4v) is 4.03. The van der Waals surface area contributed by atoms with E-state index in [1.54, 1.807) is 0 Å². The second-order valence-electron chi connectivity index (χ2n) is 5.02. The van der Waals surface area contributed by atoms with Crippen LogP contribution in [0, 0.1) is 10.8 Å². The molecule has 2 aliphatic carbocycles. The zero-order chi connectivity index (χ0) is 9.20. The van der Waals surface area contributed by atoms with Crippen molar-refractivity contribution in [3.05, 3.63) is 0 Å². The van der Waals surface area contributed by atoms with Gasteiger partial charge >= 0.3 is 0 Å². The third kappa shape index (κ3) is 0.694. The fraction of sp³-hybridized carbons (Fsp3) is 0.900. The largest absolute Gasteiger partial charge is 0.299 e.